The smallest absolute Gasteiger partial charge is 0.336 e. The lowest BCUT2D eigenvalue weighted by molar-refractivity contribution is 0.0698. The van der Waals surface area contributed by atoms with Crippen molar-refractivity contribution >= 4 is 46.2 Å². The molecule has 0 aliphatic rings. The first kappa shape index (κ1) is 23.4. The Hall–Kier alpha value is -4.78. The molecule has 35 heavy (non-hydrogen) atoms. The number of fused-ring (bicyclic) bond motifs is 1. The molecule has 4 aromatic carbocycles. The van der Waals surface area contributed by atoms with E-state index in [0.29, 0.717) is 17.7 Å². The molecule has 4 rings (SSSR count). The molecule has 0 aliphatic heterocycles. The molecule has 0 unspecified atom stereocenters. The van der Waals surface area contributed by atoms with E-state index in [1.165, 1.54) is 24.3 Å². The molecular formula is C28H22N2O5. The van der Waals surface area contributed by atoms with Gasteiger partial charge < -0.3 is 15.7 Å². The Kier molecular flexibility index (Phi) is 6.42. The fourth-order valence-corrected chi connectivity index (χ4v) is 4.02. The number of hydrogen-bond acceptors (Lipinski definition) is 4. The number of carboxylic acid groups (broad SMARTS) is 1. The number of hydrogen-bond donors (Lipinski definition) is 3. The Morgan fingerprint density at radius 1 is 0.686 bits per heavy atom. The summed E-state index contributed by atoms with van der Waals surface area (Å²) in [6.07, 6.45) is 0.541. The van der Waals surface area contributed by atoms with Crippen LogP contribution in [0.5, 0.6) is 0 Å². The summed E-state index contributed by atoms with van der Waals surface area (Å²) in [5.74, 6) is -2.37. The third-order valence-corrected chi connectivity index (χ3v) is 5.59. The van der Waals surface area contributed by atoms with Crippen LogP contribution in [0.4, 0.5) is 11.4 Å². The zero-order chi connectivity index (χ0) is 25.1. The number of carboxylic acids is 1. The van der Waals surface area contributed by atoms with Crippen molar-refractivity contribution in [1.29, 1.82) is 0 Å². The highest BCUT2D eigenvalue weighted by Crippen LogP contribution is 2.31. The maximum absolute atomic E-state index is 13.2. The highest BCUT2D eigenvalue weighted by molar-refractivity contribution is 6.25. The molecule has 0 bridgehead atoms. The van der Waals surface area contributed by atoms with E-state index in [-0.39, 0.29) is 33.0 Å². The van der Waals surface area contributed by atoms with E-state index in [2.05, 4.69) is 10.6 Å². The Morgan fingerprint density at radius 2 is 1.17 bits per heavy atom. The number of aldehydes is 1. The first-order chi connectivity index (χ1) is 16.8. The number of nitrogens with one attached hydrogen (secondary N) is 2. The molecule has 0 atom stereocenters. The molecule has 0 saturated heterocycles. The molecule has 3 N–H and O–H groups in total. The largest absolute Gasteiger partial charge is 0.478 e. The lowest BCUT2D eigenvalue weighted by Gasteiger charge is -2.16. The van der Waals surface area contributed by atoms with Gasteiger partial charge in [-0.05, 0) is 67.4 Å². The normalized spacial score (nSPS) is 10.6. The molecule has 0 fully saturated rings. The highest BCUT2D eigenvalue weighted by Gasteiger charge is 2.23. The van der Waals surface area contributed by atoms with Crippen molar-refractivity contribution in [2.45, 2.75) is 13.8 Å². The van der Waals surface area contributed by atoms with Gasteiger partial charge in [0.05, 0.1) is 5.56 Å². The van der Waals surface area contributed by atoms with Crippen molar-refractivity contribution < 1.29 is 24.3 Å². The van der Waals surface area contributed by atoms with Crippen LogP contribution in [0, 0.1) is 13.8 Å². The topological polar surface area (TPSA) is 113 Å². The van der Waals surface area contributed by atoms with Gasteiger partial charge in [-0.3, -0.25) is 14.4 Å². The first-order valence-corrected chi connectivity index (χ1v) is 10.8. The van der Waals surface area contributed by atoms with Gasteiger partial charge in [0.2, 0.25) is 0 Å². The van der Waals surface area contributed by atoms with Crippen LogP contribution in [-0.4, -0.2) is 29.2 Å². The summed E-state index contributed by atoms with van der Waals surface area (Å²) in [4.78, 5) is 50.4. The monoisotopic (exact) mass is 466 g/mol. The number of amides is 2. The lowest BCUT2D eigenvalue weighted by atomic mass is 9.91. The van der Waals surface area contributed by atoms with Gasteiger partial charge in [-0.25, -0.2) is 4.79 Å². The van der Waals surface area contributed by atoms with Gasteiger partial charge in [0.15, 0.2) is 6.29 Å². The number of carbonyl (C=O) groups is 4. The fourth-order valence-electron chi connectivity index (χ4n) is 4.02. The summed E-state index contributed by atoms with van der Waals surface area (Å²) in [5.41, 5.74) is 2.99. The van der Waals surface area contributed by atoms with E-state index < -0.39 is 17.8 Å². The van der Waals surface area contributed by atoms with Crippen LogP contribution >= 0.6 is 0 Å². The summed E-state index contributed by atoms with van der Waals surface area (Å²) >= 11 is 0. The molecule has 174 valence electrons. The maximum atomic E-state index is 13.2. The summed E-state index contributed by atoms with van der Waals surface area (Å²) < 4.78 is 0. The standard InChI is InChI=1S/C28H22N2O5/c1-16-5-3-7-19(13-16)29-26(32)21-11-12-22(27(33)30-20-8-4-6-17(2)14-20)25-23(28(34)35)10-9-18(15-31)24(21)25/h3-15H,1-2H3,(H,29,32)(H,30,33)(H,34,35). The third-order valence-electron chi connectivity index (χ3n) is 5.59. The zero-order valence-electron chi connectivity index (χ0n) is 19.1. The molecule has 4 aromatic rings. The molecular weight excluding hydrogens is 444 g/mol. The van der Waals surface area contributed by atoms with Crippen LogP contribution in [0.15, 0.2) is 72.8 Å². The van der Waals surface area contributed by atoms with E-state index >= 15 is 0 Å². The SMILES string of the molecule is Cc1cccc(NC(=O)c2ccc(C(=O)Nc3cccc(C)c3)c3c(C(=O)O)ccc(C=O)c23)c1. The number of benzene rings is 4. The van der Waals surface area contributed by atoms with Crippen molar-refractivity contribution in [3.05, 3.63) is 106 Å². The number of carbonyl (C=O) groups excluding carboxylic acids is 3. The molecule has 0 saturated carbocycles. The van der Waals surface area contributed by atoms with Crippen LogP contribution in [-0.2, 0) is 0 Å². The molecule has 7 heteroatoms. The number of anilines is 2. The van der Waals surface area contributed by atoms with Crippen LogP contribution in [0.3, 0.4) is 0 Å². The van der Waals surface area contributed by atoms with Gasteiger partial charge in [-0.2, -0.15) is 0 Å². The Labute approximate surface area is 201 Å². The second-order valence-electron chi connectivity index (χ2n) is 8.18. The van der Waals surface area contributed by atoms with E-state index in [4.69, 9.17) is 0 Å². The first-order valence-electron chi connectivity index (χ1n) is 10.8. The molecule has 7 nitrogen and oxygen atoms in total. The minimum Gasteiger partial charge on any atom is -0.478 e. The summed E-state index contributed by atoms with van der Waals surface area (Å²) in [5, 5.41) is 15.5. The minimum atomic E-state index is -1.28. The van der Waals surface area contributed by atoms with Gasteiger partial charge in [-0.15, -0.1) is 0 Å². The Balaban J connectivity index is 1.89. The van der Waals surface area contributed by atoms with Crippen molar-refractivity contribution in [1.82, 2.24) is 0 Å². The van der Waals surface area contributed by atoms with Crippen molar-refractivity contribution in [2.75, 3.05) is 10.6 Å². The average Bonchev–Trinajstić information content (AvgIpc) is 2.82. The quantitative estimate of drug-likeness (QED) is 0.326. The second-order valence-corrected chi connectivity index (χ2v) is 8.18. The van der Waals surface area contributed by atoms with Gasteiger partial charge in [0, 0.05) is 38.8 Å². The predicted octanol–water partition coefficient (Wildman–Crippen LogP) is 5.47. The summed E-state index contributed by atoms with van der Waals surface area (Å²) in [6, 6.07) is 19.8. The van der Waals surface area contributed by atoms with Gasteiger partial charge in [0.25, 0.3) is 11.8 Å². The van der Waals surface area contributed by atoms with Gasteiger partial charge in [0.1, 0.15) is 0 Å². The third kappa shape index (κ3) is 4.79. The molecule has 0 spiro atoms. The highest BCUT2D eigenvalue weighted by atomic mass is 16.4. The molecule has 0 aromatic heterocycles. The average molecular weight is 466 g/mol. The number of rotatable bonds is 6. The summed E-state index contributed by atoms with van der Waals surface area (Å²) in [6.45, 7) is 3.77. The predicted molar refractivity (Wildman–Crippen MR) is 135 cm³/mol. The molecule has 0 radical (unpaired) electrons. The van der Waals surface area contributed by atoms with Gasteiger partial charge >= 0.3 is 5.97 Å². The van der Waals surface area contributed by atoms with E-state index in [1.54, 1.807) is 36.4 Å². The van der Waals surface area contributed by atoms with Crippen molar-refractivity contribution in [2.24, 2.45) is 0 Å². The van der Waals surface area contributed by atoms with Crippen LogP contribution in [0.25, 0.3) is 10.8 Å². The van der Waals surface area contributed by atoms with E-state index in [9.17, 15) is 24.3 Å². The second kappa shape index (κ2) is 9.61. The summed E-state index contributed by atoms with van der Waals surface area (Å²) in [7, 11) is 0. The zero-order valence-corrected chi connectivity index (χ0v) is 19.1. The molecule has 0 heterocycles. The van der Waals surface area contributed by atoms with Crippen molar-refractivity contribution in [3.63, 3.8) is 0 Å². The van der Waals surface area contributed by atoms with Crippen LogP contribution in [0.1, 0.15) is 52.6 Å². The molecule has 0 aliphatic carbocycles. The number of aromatic carboxylic acids is 1. The van der Waals surface area contributed by atoms with E-state index in [0.717, 1.165) is 11.1 Å². The Morgan fingerprint density at radius 3 is 1.63 bits per heavy atom. The Bertz CT molecular complexity index is 1510. The van der Waals surface area contributed by atoms with Crippen molar-refractivity contribution in [3.8, 4) is 0 Å². The van der Waals surface area contributed by atoms with Crippen LogP contribution < -0.4 is 10.6 Å². The van der Waals surface area contributed by atoms with Crippen LogP contribution in [0.2, 0.25) is 0 Å². The maximum Gasteiger partial charge on any atom is 0.336 e. The minimum absolute atomic E-state index is 0.0177. The molecule has 2 amide bonds. The number of aryl methyl sites for hydroxylation is 2. The lowest BCUT2D eigenvalue weighted by Crippen LogP contribution is -2.18. The van der Waals surface area contributed by atoms with Gasteiger partial charge in [-0.1, -0.05) is 30.3 Å². The fraction of sp³-hybridized carbons (Fsp3) is 0.0714. The van der Waals surface area contributed by atoms with E-state index in [1.807, 2.05) is 26.0 Å².